The summed E-state index contributed by atoms with van der Waals surface area (Å²) in [5.41, 5.74) is 3.62. The Morgan fingerprint density at radius 1 is 1.16 bits per heavy atom. The third-order valence-corrected chi connectivity index (χ3v) is 8.58. The summed E-state index contributed by atoms with van der Waals surface area (Å²) >= 11 is 3.14. The number of fused-ring (bicyclic) bond motifs is 1. The summed E-state index contributed by atoms with van der Waals surface area (Å²) in [5.74, 6) is 2.29. The molecule has 0 radical (unpaired) electrons. The highest BCUT2D eigenvalue weighted by Gasteiger charge is 2.32. The zero-order valence-electron chi connectivity index (χ0n) is 18.6. The number of hydrogen-bond donors (Lipinski definition) is 1. The zero-order valence-corrected chi connectivity index (χ0v) is 20.3. The van der Waals surface area contributed by atoms with Crippen molar-refractivity contribution in [3.8, 4) is 11.5 Å². The van der Waals surface area contributed by atoms with E-state index in [-0.39, 0.29) is 18.7 Å². The molecule has 5 nitrogen and oxygen atoms in total. The highest BCUT2D eigenvalue weighted by Crippen LogP contribution is 2.45. The van der Waals surface area contributed by atoms with Crippen molar-refractivity contribution in [3.05, 3.63) is 62.2 Å². The van der Waals surface area contributed by atoms with Crippen LogP contribution in [0.2, 0.25) is 0 Å². The van der Waals surface area contributed by atoms with Crippen molar-refractivity contribution in [3.63, 3.8) is 0 Å². The van der Waals surface area contributed by atoms with Crippen LogP contribution in [0, 0.1) is 19.8 Å². The molecule has 7 heteroatoms. The maximum atomic E-state index is 12.9. The van der Waals surface area contributed by atoms with Crippen molar-refractivity contribution in [2.45, 2.75) is 39.7 Å². The fourth-order valence-electron chi connectivity index (χ4n) is 4.57. The van der Waals surface area contributed by atoms with E-state index in [1.165, 1.54) is 45.7 Å². The van der Waals surface area contributed by atoms with Gasteiger partial charge >= 0.3 is 0 Å². The number of nitrogens with zero attached hydrogens (tertiary/aromatic N) is 1. The van der Waals surface area contributed by atoms with Crippen LogP contribution in [0.4, 0.5) is 5.00 Å². The summed E-state index contributed by atoms with van der Waals surface area (Å²) in [5, 5.41) is 6.11. The minimum absolute atomic E-state index is 0.0424. The molecule has 2 aromatic heterocycles. The number of carbonyl (C=O) groups is 1. The highest BCUT2D eigenvalue weighted by atomic mass is 32.1. The van der Waals surface area contributed by atoms with Crippen LogP contribution in [0.3, 0.4) is 0 Å². The van der Waals surface area contributed by atoms with Crippen LogP contribution in [-0.2, 0) is 0 Å². The highest BCUT2D eigenvalue weighted by molar-refractivity contribution is 7.17. The Morgan fingerprint density at radius 3 is 2.69 bits per heavy atom. The molecule has 1 fully saturated rings. The van der Waals surface area contributed by atoms with Crippen molar-refractivity contribution < 1.29 is 14.3 Å². The lowest BCUT2D eigenvalue weighted by Gasteiger charge is -2.37. The molecule has 32 heavy (non-hydrogen) atoms. The number of rotatable bonds is 5. The van der Waals surface area contributed by atoms with Gasteiger partial charge < -0.3 is 14.8 Å². The van der Waals surface area contributed by atoms with Gasteiger partial charge in [-0.05, 0) is 80.4 Å². The average Bonchev–Trinajstić information content (AvgIpc) is 3.53. The molecular formula is C25H28N2O3S2. The molecule has 168 valence electrons. The topological polar surface area (TPSA) is 50.8 Å². The normalized spacial score (nSPS) is 17.5. The van der Waals surface area contributed by atoms with E-state index in [1.807, 2.05) is 23.6 Å². The predicted octanol–water partition coefficient (Wildman–Crippen LogP) is 6.23. The van der Waals surface area contributed by atoms with Gasteiger partial charge in [-0.3, -0.25) is 9.69 Å². The maximum absolute atomic E-state index is 12.9. The summed E-state index contributed by atoms with van der Waals surface area (Å²) in [6, 6.07) is 10.1. The lowest BCUT2D eigenvalue weighted by molar-refractivity contribution is 0.103. The Hall–Kier alpha value is -2.35. The summed E-state index contributed by atoms with van der Waals surface area (Å²) in [4.78, 5) is 17.5. The fraction of sp³-hybridized carbons (Fsp3) is 0.400. The molecule has 0 unspecified atom stereocenters. The third-order valence-electron chi connectivity index (χ3n) is 6.57. The second-order valence-electron chi connectivity index (χ2n) is 8.69. The van der Waals surface area contributed by atoms with Gasteiger partial charge in [0.1, 0.15) is 5.00 Å². The second-order valence-corrected chi connectivity index (χ2v) is 10.9. The molecule has 1 saturated heterocycles. The van der Waals surface area contributed by atoms with Gasteiger partial charge in [-0.25, -0.2) is 0 Å². The lowest BCUT2D eigenvalue weighted by atomic mass is 9.91. The largest absolute Gasteiger partial charge is 0.454 e. The number of carbonyl (C=O) groups excluding carboxylic acids is 1. The Kier molecular flexibility index (Phi) is 5.97. The molecule has 0 bridgehead atoms. The molecule has 2 aliphatic rings. The number of likely N-dealkylation sites (tertiary alicyclic amines) is 1. The first-order valence-corrected chi connectivity index (χ1v) is 12.8. The van der Waals surface area contributed by atoms with E-state index >= 15 is 0 Å². The number of ether oxygens (including phenoxy) is 2. The molecular weight excluding hydrogens is 440 g/mol. The molecule has 1 N–H and O–H groups in total. The quantitative estimate of drug-likeness (QED) is 0.482. The number of hydrogen-bond acceptors (Lipinski definition) is 6. The molecule has 3 aromatic rings. The Morgan fingerprint density at radius 2 is 1.94 bits per heavy atom. The minimum atomic E-state index is -0.0424. The van der Waals surface area contributed by atoms with E-state index in [0.717, 1.165) is 40.4 Å². The Labute approximate surface area is 197 Å². The number of aryl methyl sites for hydroxylation is 1. The smallest absolute Gasteiger partial charge is 0.266 e. The number of benzene rings is 1. The molecule has 4 heterocycles. The summed E-state index contributed by atoms with van der Waals surface area (Å²) in [7, 11) is 0. The van der Waals surface area contributed by atoms with Crippen LogP contribution in [0.25, 0.3) is 0 Å². The number of piperidine rings is 1. The van der Waals surface area contributed by atoms with Crippen LogP contribution in [0.1, 0.15) is 57.0 Å². The van der Waals surface area contributed by atoms with E-state index in [4.69, 9.17) is 9.47 Å². The number of nitrogens with one attached hydrogen (secondary N) is 1. The van der Waals surface area contributed by atoms with Gasteiger partial charge in [0.25, 0.3) is 5.91 Å². The van der Waals surface area contributed by atoms with Crippen molar-refractivity contribution in [2.24, 2.45) is 5.92 Å². The molecule has 1 aromatic carbocycles. The van der Waals surface area contributed by atoms with Gasteiger partial charge in [0.15, 0.2) is 11.5 Å². The van der Waals surface area contributed by atoms with Crippen LogP contribution in [0.5, 0.6) is 11.5 Å². The van der Waals surface area contributed by atoms with Gasteiger partial charge in [0.2, 0.25) is 6.79 Å². The van der Waals surface area contributed by atoms with E-state index in [2.05, 4.69) is 43.1 Å². The number of anilines is 1. The number of amides is 1. The molecule has 0 aliphatic carbocycles. The van der Waals surface area contributed by atoms with Crippen molar-refractivity contribution in [1.82, 2.24) is 4.90 Å². The zero-order chi connectivity index (χ0) is 22.2. The van der Waals surface area contributed by atoms with Gasteiger partial charge in [-0.2, -0.15) is 0 Å². The first-order valence-electron chi connectivity index (χ1n) is 11.1. The number of thiophene rings is 2. The SMILES string of the molecule is Cc1sc(NC(=O)c2cccs2)c([C@@H](c2ccc3c(c2)OCO3)N2CCC(C)CC2)c1C. The first kappa shape index (κ1) is 21.5. The molecule has 2 aliphatic heterocycles. The predicted molar refractivity (Wildman–Crippen MR) is 130 cm³/mol. The van der Waals surface area contributed by atoms with Gasteiger partial charge in [-0.15, -0.1) is 22.7 Å². The standard InChI is InChI=1S/C25H28N2O3S2/c1-15-8-10-27(11-9-15)23(18-6-7-19-20(13-18)30-14-29-19)22-16(2)17(3)32-25(22)26-24(28)21-5-4-12-31-21/h4-7,12-13,15,23H,8-11,14H2,1-3H3,(H,26,28)/t23-/m1/s1. The summed E-state index contributed by atoms with van der Waals surface area (Å²) in [6.45, 7) is 8.98. The van der Waals surface area contributed by atoms with Crippen molar-refractivity contribution in [2.75, 3.05) is 25.2 Å². The van der Waals surface area contributed by atoms with Gasteiger partial charge in [0, 0.05) is 10.4 Å². The van der Waals surface area contributed by atoms with Crippen molar-refractivity contribution >= 4 is 33.6 Å². The van der Waals surface area contributed by atoms with Crippen LogP contribution in [-0.4, -0.2) is 30.7 Å². The van der Waals surface area contributed by atoms with E-state index in [9.17, 15) is 4.79 Å². The first-order chi connectivity index (χ1) is 15.5. The summed E-state index contributed by atoms with van der Waals surface area (Å²) in [6.07, 6.45) is 2.36. The third kappa shape index (κ3) is 4.05. The molecule has 5 rings (SSSR count). The van der Waals surface area contributed by atoms with E-state index in [1.54, 1.807) is 11.3 Å². The van der Waals surface area contributed by atoms with Crippen LogP contribution >= 0.6 is 22.7 Å². The monoisotopic (exact) mass is 468 g/mol. The van der Waals surface area contributed by atoms with E-state index < -0.39 is 0 Å². The second kappa shape index (κ2) is 8.89. The van der Waals surface area contributed by atoms with Crippen LogP contribution in [0.15, 0.2) is 35.7 Å². The molecule has 0 spiro atoms. The molecule has 1 atom stereocenters. The van der Waals surface area contributed by atoms with Crippen molar-refractivity contribution in [1.29, 1.82) is 0 Å². The minimum Gasteiger partial charge on any atom is -0.454 e. The lowest BCUT2D eigenvalue weighted by Crippen LogP contribution is -2.37. The van der Waals surface area contributed by atoms with Gasteiger partial charge in [0.05, 0.1) is 10.9 Å². The summed E-state index contributed by atoms with van der Waals surface area (Å²) < 4.78 is 11.3. The average molecular weight is 469 g/mol. The maximum Gasteiger partial charge on any atom is 0.266 e. The molecule has 1 amide bonds. The fourth-order valence-corrected chi connectivity index (χ4v) is 6.28. The molecule has 0 saturated carbocycles. The Bertz CT molecular complexity index is 1110. The van der Waals surface area contributed by atoms with Crippen LogP contribution < -0.4 is 14.8 Å². The Balaban J connectivity index is 1.57. The van der Waals surface area contributed by atoms with E-state index in [0.29, 0.717) is 0 Å². The van der Waals surface area contributed by atoms with Gasteiger partial charge in [-0.1, -0.05) is 19.1 Å².